The summed E-state index contributed by atoms with van der Waals surface area (Å²) >= 11 is 0. The summed E-state index contributed by atoms with van der Waals surface area (Å²) in [5.74, 6) is 0. The van der Waals surface area contributed by atoms with Gasteiger partial charge in [0.25, 0.3) is 0 Å². The fourth-order valence-electron chi connectivity index (χ4n) is 8.73. The number of hydrogen-bond acceptors (Lipinski definition) is 28. The lowest BCUT2D eigenvalue weighted by molar-refractivity contribution is 0.0721. The van der Waals surface area contributed by atoms with Gasteiger partial charge < -0.3 is 123 Å². The molecule has 0 aromatic heterocycles. The Bertz CT molecular complexity index is 1290. The van der Waals surface area contributed by atoms with Crippen molar-refractivity contribution in [3.05, 3.63) is 0 Å². The smallest absolute Gasteiger partial charge is 0.416 e. The van der Waals surface area contributed by atoms with E-state index in [1.54, 1.807) is 128 Å². The van der Waals surface area contributed by atoms with Crippen LogP contribution in [-0.2, 0) is 123 Å². The molecule has 1 aliphatic rings. The molecule has 0 amide bonds. The summed E-state index contributed by atoms with van der Waals surface area (Å²) in [5.41, 5.74) is 0. The van der Waals surface area contributed by atoms with Gasteiger partial charge in [-0.1, -0.05) is 0 Å². The molecule has 0 aliphatic carbocycles. The van der Waals surface area contributed by atoms with Crippen LogP contribution < -0.4 is 0 Å². The second-order valence-electron chi connectivity index (χ2n) is 17.6. The van der Waals surface area contributed by atoms with Gasteiger partial charge in [-0.05, 0) is 50.4 Å². The lowest BCUT2D eigenvalue weighted by Crippen LogP contribution is -2.71. The Labute approximate surface area is 481 Å². The van der Waals surface area contributed by atoms with Crippen molar-refractivity contribution in [3.8, 4) is 0 Å². The van der Waals surface area contributed by atoms with Crippen LogP contribution in [0.4, 0.5) is 0 Å². The molecule has 1 heterocycles. The molecule has 78 heavy (non-hydrogen) atoms. The fourth-order valence-corrected chi connectivity index (χ4v) is 57.1. The van der Waals surface area contributed by atoms with Gasteiger partial charge in [-0.15, -0.1) is 0 Å². The van der Waals surface area contributed by atoms with Crippen LogP contribution in [0.3, 0.4) is 0 Å². The van der Waals surface area contributed by atoms with Gasteiger partial charge in [0.05, 0.1) is 0 Å². The average molecular weight is 1350 g/mol. The first-order valence-corrected chi connectivity index (χ1v) is 50.8. The van der Waals surface area contributed by atoms with Crippen LogP contribution in [0.25, 0.3) is 0 Å². The van der Waals surface area contributed by atoms with Crippen molar-refractivity contribution < 1.29 is 123 Å². The van der Waals surface area contributed by atoms with Crippen LogP contribution in [0.2, 0.25) is 86.6 Å². The zero-order valence-corrected chi connectivity index (χ0v) is 64.5. The van der Waals surface area contributed by atoms with Crippen molar-refractivity contribution in [1.82, 2.24) is 0 Å². The normalized spacial score (nSPS) is 22.3. The van der Waals surface area contributed by atoms with E-state index in [1.165, 1.54) is 42.7 Å². The van der Waals surface area contributed by atoms with Crippen LogP contribution in [0.15, 0.2) is 0 Å². The van der Waals surface area contributed by atoms with Crippen LogP contribution in [0, 0.1) is 0 Å². The van der Waals surface area contributed by atoms with Crippen molar-refractivity contribution in [1.29, 1.82) is 0 Å². The summed E-state index contributed by atoms with van der Waals surface area (Å²) < 4.78 is 162. The maximum Gasteiger partial charge on any atom is 0.576 e. The van der Waals surface area contributed by atoms with Gasteiger partial charge in [-0.3, -0.25) is 0 Å². The van der Waals surface area contributed by atoms with E-state index in [-0.39, 0.29) is 0 Å². The van der Waals surface area contributed by atoms with Gasteiger partial charge in [-0.2, -0.15) is 0 Å². The van der Waals surface area contributed by atoms with Gasteiger partial charge in [0.15, 0.2) is 0 Å². The Kier molecular flexibility index (Phi) is 39.6. The number of hydrogen-bond donors (Lipinski definition) is 0. The van der Waals surface area contributed by atoms with E-state index in [0.717, 1.165) is 0 Å². The summed E-state index contributed by atoms with van der Waals surface area (Å²) in [6.45, 7) is 8.22. The third-order valence-electron chi connectivity index (χ3n) is 13.6. The maximum absolute atomic E-state index is 7.31. The van der Waals surface area contributed by atoms with Gasteiger partial charge in [0.1, 0.15) is 0 Å². The lowest BCUT2D eigenvalue weighted by Gasteiger charge is -2.51. The third kappa shape index (κ3) is 22.6. The minimum atomic E-state index is -3.13. The largest absolute Gasteiger partial charge is 0.576 e. The highest BCUT2D eigenvalue weighted by atomic mass is 29.3. The predicted octanol–water partition coefficient (Wildman–Crippen LogP) is 4.43. The first-order valence-electron chi connectivity index (χ1n) is 24.6. The molecule has 40 heteroatoms. The number of rotatable bonds is 40. The zero-order valence-electron chi connectivity index (χ0n) is 52.5. The quantitative estimate of drug-likeness (QED) is 0.0769. The molecule has 0 aromatic rings. The molecule has 0 spiro atoms. The van der Waals surface area contributed by atoms with E-state index >= 15 is 0 Å². The summed E-state index contributed by atoms with van der Waals surface area (Å²) in [7, 11) is 1.87. The van der Waals surface area contributed by atoms with Gasteiger partial charge in [0.2, 0.25) is 0 Å². The molecule has 0 aromatic carbocycles. The van der Waals surface area contributed by atoms with Crippen LogP contribution in [-0.4, -0.2) is 274 Å². The highest BCUT2D eigenvalue weighted by Crippen LogP contribution is 2.42. The molecule has 0 radical (unpaired) electrons. The van der Waals surface area contributed by atoms with E-state index in [1.807, 2.05) is 0 Å². The molecule has 0 unspecified atom stereocenters. The Morgan fingerprint density at radius 2 is 0.308 bits per heavy atom. The molecule has 28 nitrogen and oxygen atoms in total. The Balaban J connectivity index is 0. The van der Waals surface area contributed by atoms with E-state index in [9.17, 15) is 0 Å². The van der Waals surface area contributed by atoms with Crippen molar-refractivity contribution in [2.24, 2.45) is 0 Å². The minimum absolute atomic E-state index is 0.478. The van der Waals surface area contributed by atoms with Gasteiger partial charge in [0, 0.05) is 207 Å². The molecule has 0 atom stereocenters. The van der Waals surface area contributed by atoms with E-state index < -0.39 is 104 Å². The highest BCUT2D eigenvalue weighted by molar-refractivity contribution is 7.26. The summed E-state index contributed by atoms with van der Waals surface area (Å²) in [5, 5.41) is 0. The van der Waals surface area contributed by atoms with E-state index in [0.29, 0.717) is 60.4 Å². The molecule has 0 N–H and O–H groups in total. The summed E-state index contributed by atoms with van der Waals surface area (Å²) in [6, 6.07) is 5.16. The van der Waals surface area contributed by atoms with Crippen molar-refractivity contribution >= 4 is 104 Å². The van der Waals surface area contributed by atoms with Gasteiger partial charge >= 0.3 is 104 Å². The second kappa shape index (κ2) is 37.9. The van der Waals surface area contributed by atoms with Crippen molar-refractivity contribution in [2.75, 3.05) is 171 Å². The molecular weight excluding hydrogens is 1240 g/mol. The summed E-state index contributed by atoms with van der Waals surface area (Å²) in [6.07, 6.45) is 0. The zero-order chi connectivity index (χ0) is 60.9. The van der Waals surface area contributed by atoms with Crippen LogP contribution in [0.1, 0.15) is 0 Å². The topological polar surface area (TPSA) is 258 Å². The molecule has 472 valence electrons. The van der Waals surface area contributed by atoms with Crippen molar-refractivity contribution in [3.63, 3.8) is 0 Å². The average Bonchev–Trinajstić information content (AvgIpc) is 3.46. The summed E-state index contributed by atoms with van der Waals surface area (Å²) in [4.78, 5) is 0. The lowest BCUT2D eigenvalue weighted by atomic mass is 10.9. The monoisotopic (exact) mass is 1340 g/mol. The van der Waals surface area contributed by atoms with Gasteiger partial charge in [-0.25, -0.2) is 0 Å². The van der Waals surface area contributed by atoms with Crippen LogP contribution in [0.5, 0.6) is 0 Å². The molecule has 0 saturated carbocycles. The standard InChI is InChI=1S/C24H64O16Si8.C8H22O6Si2.C6H18O6Si2/c1-25-45(26-2,27-3)21-17-41(13)37-42(14,18-22-46(28-4,29-5)30-6)39-44(16,20-24-48(34-10,35-11)36-12)40-43(15,38-41)19-23-47(31-7,32-8)33-9;1-9-15(10-2,11-3)7-8-16(12-4,13-5)14-6;1-7-13(8-2,9-3)14(10-4,11-5)12-6/h17-24H2,1-16H3;7-8H2,1-6H3;1-6H3. The first kappa shape index (κ1) is 81.5. The minimum Gasteiger partial charge on any atom is -0.416 e. The molecule has 1 rings (SSSR count). The highest BCUT2D eigenvalue weighted by Gasteiger charge is 2.70. The Hall–Kier alpha value is 1.48. The molecule has 1 aliphatic heterocycles. The molecule has 0 bridgehead atoms. The SMILES string of the molecule is CO[Si](CC[Si](OC)(OC)OC)(OC)OC.CO[Si](CC[Si]1(C)O[Si](C)(CC[Si](OC)(OC)OC)O[Si](C)(CC[Si](OC)(OC)OC)O[Si](C)(CC[Si](OC)(OC)OC)O1)(OC)OC.CO[Si](OC)(OC)[Si](OC)(OC)OC. The third-order valence-corrected chi connectivity index (χ3v) is 60.8. The second-order valence-corrected chi connectivity index (χ2v) is 58.8. The maximum atomic E-state index is 7.31. The Morgan fingerprint density at radius 1 is 0.192 bits per heavy atom. The molecule has 1 saturated heterocycles. The van der Waals surface area contributed by atoms with E-state index in [4.69, 9.17) is 123 Å². The Morgan fingerprint density at radius 3 is 0.410 bits per heavy atom. The fraction of sp³-hybridized carbons (Fsp3) is 1.00. The van der Waals surface area contributed by atoms with Crippen LogP contribution >= 0.6 is 0 Å². The van der Waals surface area contributed by atoms with Crippen molar-refractivity contribution in [2.45, 2.75) is 86.6 Å². The predicted molar refractivity (Wildman–Crippen MR) is 313 cm³/mol. The molecular formula is C38H104O28Si12. The molecule has 1 fully saturated rings. The first-order chi connectivity index (χ1) is 36.6. The van der Waals surface area contributed by atoms with E-state index in [2.05, 4.69) is 26.2 Å².